The zero-order chi connectivity index (χ0) is 33.7. The second-order valence-corrected chi connectivity index (χ2v) is 12.7. The molecule has 3 aromatic rings. The van der Waals surface area contributed by atoms with Crippen LogP contribution in [0.25, 0.3) is 0 Å². The summed E-state index contributed by atoms with van der Waals surface area (Å²) >= 11 is 0. The zero-order valence-electron chi connectivity index (χ0n) is 27.2. The normalized spacial score (nSPS) is 28.9. The Labute approximate surface area is 274 Å². The molecule has 6 rings (SSSR count). The third-order valence-corrected chi connectivity index (χ3v) is 10.2. The molecule has 3 aromatic carbocycles. The number of fused-ring (bicyclic) bond motifs is 4. The van der Waals surface area contributed by atoms with Gasteiger partial charge in [0.25, 0.3) is 5.91 Å². The number of hydrogen-bond acceptors (Lipinski definition) is 9. The third kappa shape index (κ3) is 4.90. The van der Waals surface area contributed by atoms with Gasteiger partial charge in [0.1, 0.15) is 46.5 Å². The average Bonchev–Trinajstić information content (AvgIpc) is 3.60. The number of methoxy groups -OCH3 is 3. The fourth-order valence-electron chi connectivity index (χ4n) is 7.59. The lowest BCUT2D eigenvalue weighted by Gasteiger charge is -2.45. The van der Waals surface area contributed by atoms with Crippen LogP contribution in [0.15, 0.2) is 66.7 Å². The monoisotopic (exact) mass is 646 g/mol. The number of amides is 2. The van der Waals surface area contributed by atoms with E-state index in [1.807, 2.05) is 30.3 Å². The van der Waals surface area contributed by atoms with Crippen LogP contribution in [0.2, 0.25) is 0 Å². The number of aliphatic hydroxyl groups excluding tert-OH is 1. The first-order valence-electron chi connectivity index (χ1n) is 15.9. The highest BCUT2D eigenvalue weighted by atomic mass is 16.5. The Hall–Kier alpha value is -4.32. The minimum atomic E-state index is -2.09. The maximum atomic E-state index is 15.2. The molecule has 11 heteroatoms. The number of ether oxygens (including phenoxy) is 4. The van der Waals surface area contributed by atoms with Crippen molar-refractivity contribution < 1.29 is 43.9 Å². The van der Waals surface area contributed by atoms with E-state index in [2.05, 4.69) is 5.32 Å². The Bertz CT molecular complexity index is 1650. The molecule has 2 aliphatic heterocycles. The van der Waals surface area contributed by atoms with Gasteiger partial charge in [-0.1, -0.05) is 49.4 Å². The molecule has 0 aromatic heterocycles. The van der Waals surface area contributed by atoms with Crippen molar-refractivity contribution in [3.63, 3.8) is 0 Å². The summed E-state index contributed by atoms with van der Waals surface area (Å²) in [6.07, 6.45) is -1.12. The molecule has 1 aliphatic carbocycles. The second kappa shape index (κ2) is 12.0. The standard InChI is InChI=1S/C36H42N2O9/c1-6-34(2,42)33(41)37-27-13-10-18-38(27)31(39)30-28(21-11-8-7-9-12-21)35(43)29-25(46-5)19-24(45-4)20-26(29)47-36(30,32(35)40)22-14-16-23(44-3)17-15-22/h7-9,11-12,14-17,19-20,27-28,30,32,40,42-43H,6,10,13,18H2,1-5H3,(H,37,41)/t27-,28-,30+,32+,34?,35-,36+/m1/s1. The van der Waals surface area contributed by atoms with Gasteiger partial charge in [-0.3, -0.25) is 9.59 Å². The first-order chi connectivity index (χ1) is 22.5. The highest BCUT2D eigenvalue weighted by molar-refractivity contribution is 5.87. The smallest absolute Gasteiger partial charge is 0.253 e. The van der Waals surface area contributed by atoms with Gasteiger partial charge in [0, 0.05) is 24.6 Å². The summed E-state index contributed by atoms with van der Waals surface area (Å²) in [7, 11) is 4.49. The zero-order valence-corrected chi connectivity index (χ0v) is 27.2. The first-order valence-corrected chi connectivity index (χ1v) is 15.9. The maximum absolute atomic E-state index is 15.2. The van der Waals surface area contributed by atoms with Crippen molar-refractivity contribution in [3.05, 3.63) is 83.4 Å². The van der Waals surface area contributed by atoms with Crippen LogP contribution in [0.4, 0.5) is 0 Å². The molecule has 2 amide bonds. The molecule has 2 bridgehead atoms. The second-order valence-electron chi connectivity index (χ2n) is 12.7. The van der Waals surface area contributed by atoms with Gasteiger partial charge in [0.15, 0.2) is 5.60 Å². The Kier molecular flexibility index (Phi) is 8.36. The number of rotatable bonds is 9. The summed E-state index contributed by atoms with van der Waals surface area (Å²) in [4.78, 5) is 29.9. The minimum Gasteiger partial charge on any atom is -0.497 e. The van der Waals surface area contributed by atoms with Crippen molar-refractivity contribution in [3.8, 4) is 23.0 Å². The number of nitrogens with zero attached hydrogens (tertiary/aromatic N) is 1. The van der Waals surface area contributed by atoms with Crippen LogP contribution in [0.3, 0.4) is 0 Å². The largest absolute Gasteiger partial charge is 0.497 e. The molecule has 1 saturated heterocycles. The Morgan fingerprint density at radius 2 is 1.70 bits per heavy atom. The van der Waals surface area contributed by atoms with Crippen LogP contribution in [0, 0.1) is 5.92 Å². The fraction of sp³-hybridized carbons (Fsp3) is 0.444. The van der Waals surface area contributed by atoms with Gasteiger partial charge in [-0.25, -0.2) is 0 Å². The molecule has 4 N–H and O–H groups in total. The van der Waals surface area contributed by atoms with Gasteiger partial charge < -0.3 is 44.5 Å². The highest BCUT2D eigenvalue weighted by Crippen LogP contribution is 2.68. The number of hydrogen-bond donors (Lipinski definition) is 4. The molecule has 1 unspecified atom stereocenters. The molecule has 47 heavy (non-hydrogen) atoms. The van der Waals surface area contributed by atoms with Crippen LogP contribution >= 0.6 is 0 Å². The summed E-state index contributed by atoms with van der Waals surface area (Å²) < 4.78 is 23.6. The average molecular weight is 647 g/mol. The lowest BCUT2D eigenvalue weighted by molar-refractivity contribution is -0.163. The lowest BCUT2D eigenvalue weighted by atomic mass is 9.74. The predicted molar refractivity (Wildman–Crippen MR) is 171 cm³/mol. The summed E-state index contributed by atoms with van der Waals surface area (Å²) in [6, 6.07) is 19.2. The van der Waals surface area contributed by atoms with E-state index in [1.54, 1.807) is 48.2 Å². The number of nitrogens with one attached hydrogen (secondary N) is 1. The third-order valence-electron chi connectivity index (χ3n) is 10.2. The van der Waals surface area contributed by atoms with E-state index in [0.717, 1.165) is 0 Å². The topological polar surface area (TPSA) is 147 Å². The Morgan fingerprint density at radius 1 is 1.02 bits per heavy atom. The molecule has 0 radical (unpaired) electrons. The summed E-state index contributed by atoms with van der Waals surface area (Å²) in [5.41, 5.74) is -4.27. The van der Waals surface area contributed by atoms with Crippen molar-refractivity contribution in [1.82, 2.24) is 10.2 Å². The molecule has 3 aliphatic rings. The first kappa shape index (κ1) is 32.6. The number of aliphatic hydroxyl groups is 3. The molecule has 2 fully saturated rings. The van der Waals surface area contributed by atoms with Crippen molar-refractivity contribution >= 4 is 11.8 Å². The van der Waals surface area contributed by atoms with E-state index in [0.29, 0.717) is 42.0 Å². The Balaban J connectivity index is 1.60. The number of likely N-dealkylation sites (tertiary alicyclic amines) is 1. The lowest BCUT2D eigenvalue weighted by Crippen LogP contribution is -2.59. The van der Waals surface area contributed by atoms with Gasteiger partial charge in [0.2, 0.25) is 5.91 Å². The summed E-state index contributed by atoms with van der Waals surface area (Å²) in [5.74, 6) is -1.87. The quantitative estimate of drug-likeness (QED) is 0.275. The van der Waals surface area contributed by atoms with E-state index >= 15 is 4.79 Å². The van der Waals surface area contributed by atoms with Gasteiger partial charge >= 0.3 is 0 Å². The van der Waals surface area contributed by atoms with Crippen LogP contribution < -0.4 is 24.3 Å². The van der Waals surface area contributed by atoms with E-state index in [1.165, 1.54) is 28.3 Å². The predicted octanol–water partition coefficient (Wildman–Crippen LogP) is 3.19. The van der Waals surface area contributed by atoms with E-state index in [9.17, 15) is 20.1 Å². The summed E-state index contributed by atoms with van der Waals surface area (Å²) in [5, 5.41) is 39.2. The molecular formula is C36H42N2O9. The minimum absolute atomic E-state index is 0.190. The molecular weight excluding hydrogens is 604 g/mol. The highest BCUT2D eigenvalue weighted by Gasteiger charge is 2.76. The molecule has 2 heterocycles. The van der Waals surface area contributed by atoms with E-state index < -0.39 is 52.7 Å². The molecule has 250 valence electrons. The van der Waals surface area contributed by atoms with Gasteiger partial charge in [0.05, 0.1) is 32.8 Å². The van der Waals surface area contributed by atoms with E-state index in [-0.39, 0.29) is 23.5 Å². The van der Waals surface area contributed by atoms with Crippen LogP contribution in [0.1, 0.15) is 55.7 Å². The van der Waals surface area contributed by atoms with Gasteiger partial charge in [-0.05, 0) is 49.4 Å². The SMILES string of the molecule is CCC(C)(O)C(=O)N[C@H]1CCCN1C(=O)[C@@H]1[C@@H](c2ccccc2)[C@@]2(O)c3c(OC)cc(OC)cc3O[C@]1(c1ccc(OC)cc1)[C@H]2O. The van der Waals surface area contributed by atoms with Crippen molar-refractivity contribution in [1.29, 1.82) is 0 Å². The fourth-order valence-corrected chi connectivity index (χ4v) is 7.59. The number of carbonyl (C=O) groups is 2. The van der Waals surface area contributed by atoms with Gasteiger partial charge in [-0.15, -0.1) is 0 Å². The van der Waals surface area contributed by atoms with Gasteiger partial charge in [-0.2, -0.15) is 0 Å². The molecule has 7 atom stereocenters. The van der Waals surface area contributed by atoms with Crippen molar-refractivity contribution in [2.24, 2.45) is 5.92 Å². The van der Waals surface area contributed by atoms with E-state index in [4.69, 9.17) is 18.9 Å². The van der Waals surface area contributed by atoms with Crippen LogP contribution in [-0.2, 0) is 20.8 Å². The summed E-state index contributed by atoms with van der Waals surface area (Å²) in [6.45, 7) is 3.46. The van der Waals surface area contributed by atoms with Crippen molar-refractivity contribution in [2.75, 3.05) is 27.9 Å². The Morgan fingerprint density at radius 3 is 2.32 bits per heavy atom. The van der Waals surface area contributed by atoms with Crippen LogP contribution in [0.5, 0.6) is 23.0 Å². The maximum Gasteiger partial charge on any atom is 0.253 e. The molecule has 11 nitrogen and oxygen atoms in total. The van der Waals surface area contributed by atoms with Crippen LogP contribution in [-0.4, -0.2) is 77.8 Å². The van der Waals surface area contributed by atoms with Crippen molar-refractivity contribution in [2.45, 2.75) is 68.1 Å². The molecule has 0 spiro atoms. The number of benzene rings is 3. The molecule has 1 saturated carbocycles. The number of carbonyl (C=O) groups excluding carboxylic acids is 2.